The summed E-state index contributed by atoms with van der Waals surface area (Å²) >= 11 is 10.4. The molecule has 90 valence electrons. The third-order valence-corrected chi connectivity index (χ3v) is 2.71. The van der Waals surface area contributed by atoms with Gasteiger partial charge >= 0.3 is 0 Å². The highest BCUT2D eigenvalue weighted by Crippen LogP contribution is 2.02. The number of anilines is 1. The van der Waals surface area contributed by atoms with Gasteiger partial charge in [-0.3, -0.25) is 0 Å². The molecular weight excluding hydrogens is 262 g/mol. The zero-order valence-corrected chi connectivity index (χ0v) is 11.1. The Morgan fingerprint density at radius 2 is 1.67 bits per heavy atom. The van der Waals surface area contributed by atoms with E-state index < -0.39 is 0 Å². The van der Waals surface area contributed by atoms with E-state index in [0.717, 1.165) is 5.56 Å². The van der Waals surface area contributed by atoms with Crippen molar-refractivity contribution in [3.8, 4) is 0 Å². The molecule has 0 aliphatic rings. The zero-order chi connectivity index (χ0) is 12.8. The van der Waals surface area contributed by atoms with Crippen LogP contribution in [0.4, 0.5) is 5.82 Å². The van der Waals surface area contributed by atoms with Crippen LogP contribution in [-0.2, 0) is 0 Å². The summed E-state index contributed by atoms with van der Waals surface area (Å²) in [5.74, 6) is 0.686. The Labute approximate surface area is 116 Å². The molecule has 1 aromatic heterocycles. The Balaban J connectivity index is 1.94. The molecule has 0 saturated carbocycles. The summed E-state index contributed by atoms with van der Waals surface area (Å²) < 4.78 is 0. The van der Waals surface area contributed by atoms with Crippen LogP contribution >= 0.6 is 24.4 Å². The fraction of sp³-hybridized carbons (Fsp3) is 0. The second kappa shape index (κ2) is 6.18. The van der Waals surface area contributed by atoms with Crippen LogP contribution in [-0.4, -0.2) is 15.1 Å². The van der Waals surface area contributed by atoms with Crippen LogP contribution in [0.3, 0.4) is 0 Å². The van der Waals surface area contributed by atoms with E-state index in [2.05, 4.69) is 15.6 Å². The molecule has 0 radical (unpaired) electrons. The van der Waals surface area contributed by atoms with Crippen LogP contribution in [0.5, 0.6) is 0 Å². The minimum atomic E-state index is 0.433. The Bertz CT molecular complexity index is 541. The molecule has 0 bridgehead atoms. The lowest BCUT2D eigenvalue weighted by atomic mass is 10.2. The molecule has 0 spiro atoms. The second-order valence-electron chi connectivity index (χ2n) is 3.49. The molecule has 2 N–H and O–H groups in total. The average Bonchev–Trinajstić information content (AvgIpc) is 2.40. The standard InChI is InChI=1S/C13H11N3S2/c17-12(10-6-2-1-3-7-10)16-13(18)15-11-8-4-5-9-14-11/h1-9H,(H2,14,15,16,17,18). The van der Waals surface area contributed by atoms with Crippen molar-refractivity contribution in [3.05, 3.63) is 60.3 Å². The third kappa shape index (κ3) is 3.58. The molecular formula is C13H11N3S2. The largest absolute Gasteiger partial charge is 0.323 e. The number of nitrogens with one attached hydrogen (secondary N) is 2. The van der Waals surface area contributed by atoms with Crippen molar-refractivity contribution in [2.75, 3.05) is 5.32 Å². The highest BCUT2D eigenvalue weighted by atomic mass is 32.1. The van der Waals surface area contributed by atoms with Crippen LogP contribution in [0.15, 0.2) is 54.7 Å². The lowest BCUT2D eigenvalue weighted by Crippen LogP contribution is -2.33. The normalized spacial score (nSPS) is 9.56. The van der Waals surface area contributed by atoms with Crippen molar-refractivity contribution in [3.63, 3.8) is 0 Å². The van der Waals surface area contributed by atoms with E-state index in [1.165, 1.54) is 0 Å². The number of pyridine rings is 1. The van der Waals surface area contributed by atoms with Gasteiger partial charge in [-0.2, -0.15) is 0 Å². The average molecular weight is 273 g/mol. The number of rotatable bonds is 2. The maximum Gasteiger partial charge on any atom is 0.177 e. The predicted octanol–water partition coefficient (Wildman–Crippen LogP) is 2.74. The van der Waals surface area contributed by atoms with Crippen molar-refractivity contribution in [1.82, 2.24) is 10.3 Å². The molecule has 3 nitrogen and oxygen atoms in total. The molecule has 0 aliphatic heterocycles. The van der Waals surface area contributed by atoms with Gasteiger partial charge in [-0.05, 0) is 24.4 Å². The van der Waals surface area contributed by atoms with Crippen LogP contribution in [0, 0.1) is 0 Å². The minimum Gasteiger partial charge on any atom is -0.323 e. The first-order valence-corrected chi connectivity index (χ1v) is 6.16. The van der Waals surface area contributed by atoms with Crippen LogP contribution < -0.4 is 10.6 Å². The summed E-state index contributed by atoms with van der Waals surface area (Å²) in [5.41, 5.74) is 0.928. The Kier molecular flexibility index (Phi) is 4.33. The summed E-state index contributed by atoms with van der Waals surface area (Å²) in [6, 6.07) is 15.2. The predicted molar refractivity (Wildman–Crippen MR) is 81.7 cm³/mol. The van der Waals surface area contributed by atoms with Gasteiger partial charge in [-0.15, -0.1) is 0 Å². The molecule has 18 heavy (non-hydrogen) atoms. The molecule has 2 rings (SSSR count). The summed E-state index contributed by atoms with van der Waals surface area (Å²) in [5, 5.41) is 6.35. The van der Waals surface area contributed by atoms with Gasteiger partial charge in [0, 0.05) is 11.8 Å². The van der Waals surface area contributed by atoms with E-state index in [-0.39, 0.29) is 0 Å². The fourth-order valence-electron chi connectivity index (χ4n) is 1.35. The number of hydrogen-bond donors (Lipinski definition) is 2. The molecule has 0 aliphatic carbocycles. The fourth-order valence-corrected chi connectivity index (χ4v) is 1.86. The van der Waals surface area contributed by atoms with Gasteiger partial charge in [0.1, 0.15) is 10.8 Å². The van der Waals surface area contributed by atoms with Crippen LogP contribution in [0.1, 0.15) is 5.56 Å². The zero-order valence-electron chi connectivity index (χ0n) is 9.46. The van der Waals surface area contributed by atoms with Gasteiger partial charge < -0.3 is 10.6 Å². The molecule has 0 unspecified atom stereocenters. The first kappa shape index (κ1) is 12.6. The molecule has 0 saturated heterocycles. The van der Waals surface area contributed by atoms with Crippen molar-refractivity contribution >= 4 is 40.4 Å². The maximum atomic E-state index is 5.25. The number of thiocarbonyl (C=S) groups is 2. The molecule has 0 atom stereocenters. The Hall–Kier alpha value is -1.85. The topological polar surface area (TPSA) is 37.0 Å². The van der Waals surface area contributed by atoms with E-state index >= 15 is 0 Å². The number of benzene rings is 1. The lowest BCUT2D eigenvalue weighted by Gasteiger charge is -2.10. The van der Waals surface area contributed by atoms with E-state index in [9.17, 15) is 0 Å². The Morgan fingerprint density at radius 1 is 0.944 bits per heavy atom. The lowest BCUT2D eigenvalue weighted by molar-refractivity contribution is 1.30. The highest BCUT2D eigenvalue weighted by Gasteiger charge is 2.03. The van der Waals surface area contributed by atoms with Crippen LogP contribution in [0.2, 0.25) is 0 Å². The smallest absolute Gasteiger partial charge is 0.177 e. The van der Waals surface area contributed by atoms with Crippen molar-refractivity contribution in [1.29, 1.82) is 0 Å². The van der Waals surface area contributed by atoms with E-state index in [0.29, 0.717) is 15.9 Å². The van der Waals surface area contributed by atoms with Crippen molar-refractivity contribution in [2.24, 2.45) is 0 Å². The second-order valence-corrected chi connectivity index (χ2v) is 4.31. The van der Waals surface area contributed by atoms with Gasteiger partial charge in [-0.1, -0.05) is 48.6 Å². The highest BCUT2D eigenvalue weighted by molar-refractivity contribution is 7.82. The Morgan fingerprint density at radius 3 is 2.33 bits per heavy atom. The van der Waals surface area contributed by atoms with Crippen molar-refractivity contribution < 1.29 is 0 Å². The molecule has 0 amide bonds. The van der Waals surface area contributed by atoms with E-state index in [1.807, 2.05) is 48.5 Å². The molecule has 1 heterocycles. The summed E-state index contributed by atoms with van der Waals surface area (Å²) in [4.78, 5) is 4.70. The number of nitrogens with zero attached hydrogens (tertiary/aromatic N) is 1. The maximum absolute atomic E-state index is 5.25. The van der Waals surface area contributed by atoms with Gasteiger partial charge in [0.05, 0.1) is 0 Å². The molecule has 1 aromatic carbocycles. The minimum absolute atomic E-state index is 0.433. The number of hydrogen-bond acceptors (Lipinski definition) is 3. The van der Waals surface area contributed by atoms with Gasteiger partial charge in [0.25, 0.3) is 0 Å². The summed E-state index contributed by atoms with van der Waals surface area (Å²) in [6.45, 7) is 0. The van der Waals surface area contributed by atoms with Gasteiger partial charge in [0.2, 0.25) is 0 Å². The van der Waals surface area contributed by atoms with E-state index in [4.69, 9.17) is 24.4 Å². The van der Waals surface area contributed by atoms with Gasteiger partial charge in [-0.25, -0.2) is 4.98 Å². The summed E-state index contributed by atoms with van der Waals surface area (Å²) in [6.07, 6.45) is 1.69. The number of aromatic nitrogens is 1. The third-order valence-electron chi connectivity index (χ3n) is 2.17. The van der Waals surface area contributed by atoms with Crippen molar-refractivity contribution in [2.45, 2.75) is 0 Å². The first-order chi connectivity index (χ1) is 8.75. The molecule has 0 fully saturated rings. The summed E-state index contributed by atoms with van der Waals surface area (Å²) in [7, 11) is 0. The van der Waals surface area contributed by atoms with Gasteiger partial charge in [0.15, 0.2) is 5.11 Å². The van der Waals surface area contributed by atoms with E-state index in [1.54, 1.807) is 6.20 Å². The molecule has 2 aromatic rings. The first-order valence-electron chi connectivity index (χ1n) is 5.34. The molecule has 5 heteroatoms. The van der Waals surface area contributed by atoms with Crippen LogP contribution in [0.25, 0.3) is 0 Å². The monoisotopic (exact) mass is 273 g/mol. The SMILES string of the molecule is S=C(NC(=S)c1ccccc1)Nc1ccccn1. The quantitative estimate of drug-likeness (QED) is 0.823.